The Bertz CT molecular complexity index is 1460. The van der Waals surface area contributed by atoms with Crippen LogP contribution in [0.15, 0.2) is 36.4 Å². The highest BCUT2D eigenvalue weighted by Gasteiger charge is 2.20. The second kappa shape index (κ2) is 18.6. The molecule has 2 aromatic carbocycles. The highest BCUT2D eigenvalue weighted by molar-refractivity contribution is 5.99. The molecule has 0 aliphatic carbocycles. The molecule has 2 aromatic heterocycles. The predicted octanol–water partition coefficient (Wildman–Crippen LogP) is 4.76. The minimum atomic E-state index is -0.822. The van der Waals surface area contributed by atoms with E-state index >= 15 is 0 Å². The normalized spacial score (nSPS) is 12.3. The van der Waals surface area contributed by atoms with E-state index in [0.29, 0.717) is 46.0 Å². The lowest BCUT2D eigenvalue weighted by Gasteiger charge is -2.14. The zero-order chi connectivity index (χ0) is 31.6. The quantitative estimate of drug-likeness (QED) is 0.0569. The molecule has 4 rings (SSSR count). The van der Waals surface area contributed by atoms with Gasteiger partial charge in [0.25, 0.3) is 0 Å². The largest absolute Gasteiger partial charge is 0.506 e. The van der Waals surface area contributed by atoms with Gasteiger partial charge < -0.3 is 50.5 Å². The number of H-pyrrole nitrogens is 2. The summed E-state index contributed by atoms with van der Waals surface area (Å²) in [5.74, 6) is -1.05. The Hall–Kier alpha value is -3.52. The van der Waals surface area contributed by atoms with E-state index in [0.717, 1.165) is 38.8 Å². The molecule has 0 saturated heterocycles. The number of aromatic nitrogens is 2. The summed E-state index contributed by atoms with van der Waals surface area (Å²) in [5, 5.41) is 49.6. The molecule has 0 aliphatic rings. The molecule has 0 saturated carbocycles. The third-order valence-electron chi connectivity index (χ3n) is 7.45. The molecule has 0 radical (unpaired) electrons. The number of ether oxygens (including phenoxy) is 2. The first kappa shape index (κ1) is 38.7. The number of phenolic OH excluding ortho intramolecular Hbond substituents is 2. The number of esters is 2. The van der Waals surface area contributed by atoms with Gasteiger partial charge in [0.15, 0.2) is 0 Å². The second-order valence-electron chi connectivity index (χ2n) is 10.6. The van der Waals surface area contributed by atoms with Crippen molar-refractivity contribution in [2.75, 3.05) is 39.4 Å². The smallest absolute Gasteiger partial charge is 0.354 e. The van der Waals surface area contributed by atoms with Crippen molar-refractivity contribution in [1.29, 1.82) is 0 Å². The summed E-state index contributed by atoms with van der Waals surface area (Å²) in [5.41, 5.74) is 2.42. The molecule has 0 aliphatic heterocycles. The minimum absolute atomic E-state index is 0. The Kier molecular flexibility index (Phi) is 15.6. The third-order valence-corrected chi connectivity index (χ3v) is 7.45. The van der Waals surface area contributed by atoms with Gasteiger partial charge in [0, 0.05) is 23.9 Å². The topological polar surface area (TPSA) is 189 Å². The van der Waals surface area contributed by atoms with Crippen LogP contribution >= 0.6 is 24.8 Å². The first-order valence-electron chi connectivity index (χ1n) is 15.1. The van der Waals surface area contributed by atoms with Crippen molar-refractivity contribution < 1.29 is 39.5 Å². The number of benzene rings is 2. The van der Waals surface area contributed by atoms with Crippen LogP contribution < -0.4 is 10.6 Å². The third kappa shape index (κ3) is 9.50. The average Bonchev–Trinajstić information content (AvgIpc) is 3.66. The number of hydrogen-bond acceptors (Lipinski definition) is 10. The van der Waals surface area contributed by atoms with Crippen molar-refractivity contribution >= 4 is 58.6 Å². The Morgan fingerprint density at radius 1 is 0.696 bits per heavy atom. The number of halogens is 2. The maximum absolute atomic E-state index is 12.1. The first-order chi connectivity index (χ1) is 21.2. The number of fused-ring (bicyclic) bond motifs is 2. The lowest BCUT2D eigenvalue weighted by Crippen LogP contribution is -2.23. The molecular formula is C32H44Cl2N4O8. The number of aliphatic hydroxyl groups is 2. The van der Waals surface area contributed by atoms with Crippen molar-refractivity contribution in [1.82, 2.24) is 20.6 Å². The molecule has 0 amide bonds. The van der Waals surface area contributed by atoms with Gasteiger partial charge in [0.05, 0.1) is 36.5 Å². The number of nitrogens with one attached hydrogen (secondary N) is 4. The number of aromatic amines is 2. The molecule has 0 fully saturated rings. The Balaban J connectivity index is 0.00000368. The van der Waals surface area contributed by atoms with Crippen LogP contribution in [-0.2, 0) is 9.47 Å². The summed E-state index contributed by atoms with van der Waals surface area (Å²) < 4.78 is 10.1. The molecule has 0 spiro atoms. The molecule has 2 heterocycles. The van der Waals surface area contributed by atoms with Gasteiger partial charge in [-0.05, 0) is 75.2 Å². The van der Waals surface area contributed by atoms with Crippen molar-refractivity contribution in [3.8, 4) is 11.5 Å². The number of unbranched alkanes of at least 4 members (excludes halogenated alkanes) is 3. The molecule has 2 unspecified atom stereocenters. The molecular weight excluding hydrogens is 639 g/mol. The van der Waals surface area contributed by atoms with Crippen LogP contribution in [0.4, 0.5) is 0 Å². The molecule has 2 atom stereocenters. The van der Waals surface area contributed by atoms with E-state index < -0.39 is 24.1 Å². The SMILES string of the molecule is CCOC(=O)c1cc2c(C(O)CNCCCCCCNCC(O)c3ccc(O)c4[nH]c(C(=O)OCC)cc34)ccc(O)c2[nH]1.Cl.Cl. The summed E-state index contributed by atoms with van der Waals surface area (Å²) >= 11 is 0. The summed E-state index contributed by atoms with van der Waals surface area (Å²) in [7, 11) is 0. The highest BCUT2D eigenvalue weighted by atomic mass is 35.5. The van der Waals surface area contributed by atoms with Crippen LogP contribution in [0.5, 0.6) is 11.5 Å². The molecule has 4 aromatic rings. The zero-order valence-electron chi connectivity index (χ0n) is 25.9. The van der Waals surface area contributed by atoms with Crippen molar-refractivity contribution in [3.05, 3.63) is 58.9 Å². The molecule has 14 heteroatoms. The maximum Gasteiger partial charge on any atom is 0.354 e. The maximum atomic E-state index is 12.1. The summed E-state index contributed by atoms with van der Waals surface area (Å²) in [6.45, 7) is 6.01. The standard InChI is InChI=1S/C32H42N4O8.2ClH/c1-3-43-31(41)23-15-21-19(9-11-25(37)29(21)35-23)27(39)17-33-13-7-5-6-8-14-34-18-28(40)20-10-12-26(38)30-22(20)16-24(36-30)32(42)44-4-2;;/h9-12,15-16,27-28,33-40H,3-8,13-14,17-18H2,1-2H3;2*1H. The summed E-state index contributed by atoms with van der Waals surface area (Å²) in [6, 6.07) is 9.47. The van der Waals surface area contributed by atoms with Gasteiger partial charge in [-0.2, -0.15) is 0 Å². The molecule has 12 nitrogen and oxygen atoms in total. The molecule has 8 N–H and O–H groups in total. The van der Waals surface area contributed by atoms with Crippen molar-refractivity contribution in [2.24, 2.45) is 0 Å². The van der Waals surface area contributed by atoms with E-state index in [4.69, 9.17) is 9.47 Å². The number of phenols is 2. The van der Waals surface area contributed by atoms with Gasteiger partial charge in [-0.15, -0.1) is 24.8 Å². The van der Waals surface area contributed by atoms with Crippen LogP contribution in [0.25, 0.3) is 21.8 Å². The number of hydrogen-bond donors (Lipinski definition) is 8. The Labute approximate surface area is 279 Å². The van der Waals surface area contributed by atoms with Gasteiger partial charge in [0.1, 0.15) is 22.9 Å². The lowest BCUT2D eigenvalue weighted by molar-refractivity contribution is 0.0511. The van der Waals surface area contributed by atoms with Gasteiger partial charge in [-0.3, -0.25) is 0 Å². The van der Waals surface area contributed by atoms with E-state index in [1.165, 1.54) is 12.1 Å². The minimum Gasteiger partial charge on any atom is -0.506 e. The van der Waals surface area contributed by atoms with E-state index in [1.807, 2.05) is 0 Å². The Morgan fingerprint density at radius 2 is 1.09 bits per heavy atom. The van der Waals surface area contributed by atoms with Crippen LogP contribution in [0, 0.1) is 0 Å². The highest BCUT2D eigenvalue weighted by Crippen LogP contribution is 2.33. The van der Waals surface area contributed by atoms with Crippen LogP contribution in [0.1, 0.15) is 83.8 Å². The summed E-state index contributed by atoms with van der Waals surface area (Å²) in [6.07, 6.45) is 2.21. The van der Waals surface area contributed by atoms with Crippen LogP contribution in [0.3, 0.4) is 0 Å². The average molecular weight is 684 g/mol. The molecule has 0 bridgehead atoms. The van der Waals surface area contributed by atoms with E-state index in [2.05, 4.69) is 20.6 Å². The van der Waals surface area contributed by atoms with E-state index in [1.54, 1.807) is 38.1 Å². The fraction of sp³-hybridized carbons (Fsp3) is 0.438. The van der Waals surface area contributed by atoms with Gasteiger partial charge in [-0.1, -0.05) is 25.0 Å². The monoisotopic (exact) mass is 682 g/mol. The van der Waals surface area contributed by atoms with Crippen molar-refractivity contribution in [2.45, 2.75) is 51.7 Å². The number of aromatic hydroxyl groups is 2. The number of carbonyl (C=O) groups excluding carboxylic acids is 2. The number of carbonyl (C=O) groups is 2. The van der Waals surface area contributed by atoms with Gasteiger partial charge >= 0.3 is 11.9 Å². The summed E-state index contributed by atoms with van der Waals surface area (Å²) in [4.78, 5) is 29.9. The molecule has 46 heavy (non-hydrogen) atoms. The van der Waals surface area contributed by atoms with E-state index in [9.17, 15) is 30.0 Å². The van der Waals surface area contributed by atoms with Crippen LogP contribution in [0.2, 0.25) is 0 Å². The number of aliphatic hydroxyl groups excluding tert-OH is 2. The van der Waals surface area contributed by atoms with Gasteiger partial charge in [0.2, 0.25) is 0 Å². The fourth-order valence-electron chi connectivity index (χ4n) is 5.22. The van der Waals surface area contributed by atoms with Gasteiger partial charge in [-0.25, -0.2) is 9.59 Å². The molecule has 254 valence electrons. The second-order valence-corrected chi connectivity index (χ2v) is 10.6. The predicted molar refractivity (Wildman–Crippen MR) is 180 cm³/mol. The van der Waals surface area contributed by atoms with Crippen molar-refractivity contribution in [3.63, 3.8) is 0 Å². The number of rotatable bonds is 17. The Morgan fingerprint density at radius 3 is 1.46 bits per heavy atom. The fourth-order valence-corrected chi connectivity index (χ4v) is 5.22. The zero-order valence-corrected chi connectivity index (χ0v) is 27.6. The van der Waals surface area contributed by atoms with Crippen LogP contribution in [-0.4, -0.2) is 81.7 Å². The lowest BCUT2D eigenvalue weighted by atomic mass is 10.0. The first-order valence-corrected chi connectivity index (χ1v) is 15.1. The van der Waals surface area contributed by atoms with E-state index in [-0.39, 0.29) is 60.9 Å².